The molecule has 0 saturated carbocycles. The second-order valence-corrected chi connectivity index (χ2v) is 2.65. The molecule has 0 aliphatic heterocycles. The van der Waals surface area contributed by atoms with Crippen LogP contribution in [0.15, 0.2) is 24.3 Å². The SMILES string of the molecule is NC(=O)COc1cccc(Cl)c1. The van der Waals surface area contributed by atoms with Gasteiger partial charge in [-0.3, -0.25) is 4.79 Å². The number of halogens is 1. The largest absolute Gasteiger partial charge is 0.484 e. The lowest BCUT2D eigenvalue weighted by molar-refractivity contribution is -0.119. The molecule has 0 unspecified atom stereocenters. The molecule has 0 aromatic heterocycles. The first-order valence-electron chi connectivity index (χ1n) is 3.35. The van der Waals surface area contributed by atoms with Crippen molar-refractivity contribution in [1.29, 1.82) is 0 Å². The minimum Gasteiger partial charge on any atom is -0.484 e. The van der Waals surface area contributed by atoms with Gasteiger partial charge in [0.2, 0.25) is 0 Å². The average molecular weight is 186 g/mol. The van der Waals surface area contributed by atoms with Crippen molar-refractivity contribution in [2.45, 2.75) is 0 Å². The van der Waals surface area contributed by atoms with E-state index < -0.39 is 5.91 Å². The molecule has 0 spiro atoms. The summed E-state index contributed by atoms with van der Waals surface area (Å²) >= 11 is 5.66. The van der Waals surface area contributed by atoms with Crippen molar-refractivity contribution in [2.24, 2.45) is 5.73 Å². The molecule has 1 amide bonds. The van der Waals surface area contributed by atoms with Gasteiger partial charge in [-0.2, -0.15) is 0 Å². The van der Waals surface area contributed by atoms with Gasteiger partial charge in [-0.05, 0) is 18.2 Å². The average Bonchev–Trinajstić information content (AvgIpc) is 2.01. The van der Waals surface area contributed by atoms with Crippen molar-refractivity contribution in [3.63, 3.8) is 0 Å². The van der Waals surface area contributed by atoms with Crippen LogP contribution in [0.3, 0.4) is 0 Å². The number of benzene rings is 1. The third-order valence-corrected chi connectivity index (χ3v) is 1.41. The topological polar surface area (TPSA) is 52.3 Å². The van der Waals surface area contributed by atoms with E-state index >= 15 is 0 Å². The zero-order chi connectivity index (χ0) is 8.97. The molecular weight excluding hydrogens is 178 g/mol. The Labute approximate surface area is 75.1 Å². The van der Waals surface area contributed by atoms with E-state index in [1.165, 1.54) is 0 Å². The van der Waals surface area contributed by atoms with Gasteiger partial charge in [-0.1, -0.05) is 17.7 Å². The van der Waals surface area contributed by atoms with Crippen molar-refractivity contribution in [2.75, 3.05) is 6.61 Å². The number of amides is 1. The van der Waals surface area contributed by atoms with Gasteiger partial charge in [0.15, 0.2) is 6.61 Å². The summed E-state index contributed by atoms with van der Waals surface area (Å²) in [6.07, 6.45) is 0. The van der Waals surface area contributed by atoms with Crippen LogP contribution >= 0.6 is 11.6 Å². The predicted octanol–water partition coefficient (Wildman–Crippen LogP) is 1.20. The van der Waals surface area contributed by atoms with Crippen LogP contribution in [-0.2, 0) is 4.79 Å². The smallest absolute Gasteiger partial charge is 0.255 e. The zero-order valence-electron chi connectivity index (χ0n) is 6.29. The molecule has 0 radical (unpaired) electrons. The zero-order valence-corrected chi connectivity index (χ0v) is 7.04. The Morgan fingerprint density at radius 1 is 1.58 bits per heavy atom. The Hall–Kier alpha value is -1.22. The molecule has 0 aliphatic carbocycles. The van der Waals surface area contributed by atoms with Crippen LogP contribution in [0.1, 0.15) is 0 Å². The first kappa shape index (κ1) is 8.87. The van der Waals surface area contributed by atoms with Crippen molar-refractivity contribution in [3.8, 4) is 5.75 Å². The Morgan fingerprint density at radius 3 is 2.92 bits per heavy atom. The number of primary amides is 1. The number of nitrogens with two attached hydrogens (primary N) is 1. The molecule has 2 N–H and O–H groups in total. The van der Waals surface area contributed by atoms with Crippen LogP contribution in [0.2, 0.25) is 5.02 Å². The number of ether oxygens (including phenoxy) is 1. The Kier molecular flexibility index (Phi) is 2.94. The van der Waals surface area contributed by atoms with Crippen LogP contribution < -0.4 is 10.5 Å². The fraction of sp³-hybridized carbons (Fsp3) is 0.125. The fourth-order valence-corrected chi connectivity index (χ4v) is 0.892. The Balaban J connectivity index is 2.57. The van der Waals surface area contributed by atoms with Crippen molar-refractivity contribution >= 4 is 17.5 Å². The van der Waals surface area contributed by atoms with E-state index in [4.69, 9.17) is 22.1 Å². The van der Waals surface area contributed by atoms with Crippen LogP contribution in [0, 0.1) is 0 Å². The van der Waals surface area contributed by atoms with E-state index in [1.807, 2.05) is 0 Å². The van der Waals surface area contributed by atoms with Gasteiger partial charge >= 0.3 is 0 Å². The molecule has 0 fully saturated rings. The molecule has 0 bridgehead atoms. The number of rotatable bonds is 3. The van der Waals surface area contributed by atoms with E-state index in [0.29, 0.717) is 10.8 Å². The summed E-state index contributed by atoms with van der Waals surface area (Å²) in [6.45, 7) is -0.125. The van der Waals surface area contributed by atoms with Crippen molar-refractivity contribution in [3.05, 3.63) is 29.3 Å². The maximum atomic E-state index is 10.3. The number of carbonyl (C=O) groups is 1. The fourth-order valence-electron chi connectivity index (χ4n) is 0.711. The van der Waals surface area contributed by atoms with E-state index in [9.17, 15) is 4.79 Å². The predicted molar refractivity (Wildman–Crippen MR) is 46.1 cm³/mol. The highest BCUT2D eigenvalue weighted by atomic mass is 35.5. The quantitative estimate of drug-likeness (QED) is 0.770. The van der Waals surface area contributed by atoms with Gasteiger partial charge < -0.3 is 10.5 Å². The first-order chi connectivity index (χ1) is 5.68. The van der Waals surface area contributed by atoms with Gasteiger partial charge in [-0.25, -0.2) is 0 Å². The molecule has 0 atom stereocenters. The second kappa shape index (κ2) is 3.97. The molecular formula is C8H8ClNO2. The second-order valence-electron chi connectivity index (χ2n) is 2.21. The lowest BCUT2D eigenvalue weighted by Crippen LogP contribution is -2.19. The van der Waals surface area contributed by atoms with Crippen LogP contribution in [0.25, 0.3) is 0 Å². The molecule has 4 heteroatoms. The standard InChI is InChI=1S/C8H8ClNO2/c9-6-2-1-3-7(4-6)12-5-8(10)11/h1-4H,5H2,(H2,10,11). The lowest BCUT2D eigenvalue weighted by atomic mass is 10.3. The van der Waals surface area contributed by atoms with E-state index in [1.54, 1.807) is 24.3 Å². The Morgan fingerprint density at radius 2 is 2.33 bits per heavy atom. The monoisotopic (exact) mass is 185 g/mol. The van der Waals surface area contributed by atoms with Gasteiger partial charge in [-0.15, -0.1) is 0 Å². The molecule has 0 aliphatic rings. The molecule has 1 rings (SSSR count). The molecule has 12 heavy (non-hydrogen) atoms. The van der Waals surface area contributed by atoms with Gasteiger partial charge in [0.1, 0.15) is 5.75 Å². The summed E-state index contributed by atoms with van der Waals surface area (Å²) in [5.41, 5.74) is 4.88. The Bertz CT molecular complexity index is 288. The van der Waals surface area contributed by atoms with Gasteiger partial charge in [0, 0.05) is 5.02 Å². The van der Waals surface area contributed by atoms with E-state index in [0.717, 1.165) is 0 Å². The summed E-state index contributed by atoms with van der Waals surface area (Å²) in [5, 5.41) is 0.567. The maximum absolute atomic E-state index is 10.3. The molecule has 3 nitrogen and oxygen atoms in total. The lowest BCUT2D eigenvalue weighted by Gasteiger charge is -2.02. The van der Waals surface area contributed by atoms with Crippen LogP contribution in [0.5, 0.6) is 5.75 Å². The summed E-state index contributed by atoms with van der Waals surface area (Å²) in [4.78, 5) is 10.3. The summed E-state index contributed by atoms with van der Waals surface area (Å²) in [5.74, 6) is 0.0382. The highest BCUT2D eigenvalue weighted by Gasteiger charge is 1.96. The maximum Gasteiger partial charge on any atom is 0.255 e. The molecule has 0 heterocycles. The molecule has 1 aromatic carbocycles. The third-order valence-electron chi connectivity index (χ3n) is 1.18. The van der Waals surface area contributed by atoms with E-state index in [-0.39, 0.29) is 6.61 Å². The third kappa shape index (κ3) is 2.80. The highest BCUT2D eigenvalue weighted by Crippen LogP contribution is 2.16. The summed E-state index contributed by atoms with van der Waals surface area (Å²) in [7, 11) is 0. The molecule has 0 saturated heterocycles. The number of carbonyl (C=O) groups excluding carboxylic acids is 1. The minimum atomic E-state index is -0.505. The minimum absolute atomic E-state index is 0.125. The normalized spacial score (nSPS) is 9.42. The van der Waals surface area contributed by atoms with Crippen molar-refractivity contribution < 1.29 is 9.53 Å². The van der Waals surface area contributed by atoms with Crippen molar-refractivity contribution in [1.82, 2.24) is 0 Å². The van der Waals surface area contributed by atoms with Gasteiger partial charge in [0.25, 0.3) is 5.91 Å². The highest BCUT2D eigenvalue weighted by molar-refractivity contribution is 6.30. The number of hydrogen-bond acceptors (Lipinski definition) is 2. The van der Waals surface area contributed by atoms with Crippen LogP contribution in [-0.4, -0.2) is 12.5 Å². The first-order valence-corrected chi connectivity index (χ1v) is 3.73. The van der Waals surface area contributed by atoms with E-state index in [2.05, 4.69) is 0 Å². The summed E-state index contributed by atoms with van der Waals surface area (Å²) < 4.78 is 4.99. The summed E-state index contributed by atoms with van der Waals surface area (Å²) in [6, 6.07) is 6.77. The number of hydrogen-bond donors (Lipinski definition) is 1. The molecule has 64 valence electrons. The van der Waals surface area contributed by atoms with Gasteiger partial charge in [0.05, 0.1) is 0 Å². The molecule has 1 aromatic rings. The van der Waals surface area contributed by atoms with Crippen LogP contribution in [0.4, 0.5) is 0 Å².